The summed E-state index contributed by atoms with van der Waals surface area (Å²) in [4.78, 5) is 23.6. The molecule has 4 rings (SSSR count). The first kappa shape index (κ1) is 19.5. The van der Waals surface area contributed by atoms with E-state index >= 15 is 0 Å². The minimum Gasteiger partial charge on any atom is -0.490 e. The van der Waals surface area contributed by atoms with Gasteiger partial charge in [0.25, 0.3) is 5.91 Å². The fourth-order valence-electron chi connectivity index (χ4n) is 3.51. The molecule has 6 nitrogen and oxygen atoms in total. The highest BCUT2D eigenvalue weighted by molar-refractivity contribution is 6.30. The van der Waals surface area contributed by atoms with Crippen molar-refractivity contribution in [3.63, 3.8) is 0 Å². The second-order valence-corrected chi connectivity index (χ2v) is 7.52. The number of amides is 1. The highest BCUT2D eigenvalue weighted by Crippen LogP contribution is 2.27. The molecule has 29 heavy (non-hydrogen) atoms. The summed E-state index contributed by atoms with van der Waals surface area (Å²) in [5.74, 6) is 1.26. The lowest BCUT2D eigenvalue weighted by atomic mass is 10.0. The van der Waals surface area contributed by atoms with Crippen molar-refractivity contribution < 1.29 is 13.9 Å². The van der Waals surface area contributed by atoms with Crippen molar-refractivity contribution in [1.29, 1.82) is 0 Å². The molecule has 150 valence electrons. The largest absolute Gasteiger partial charge is 0.490 e. The Bertz CT molecular complexity index is 973. The third-order valence-electron chi connectivity index (χ3n) is 5.05. The normalized spacial score (nSPS) is 16.6. The number of likely N-dealkylation sites (tertiary alicyclic amines) is 1. The molecular formula is C22H22ClN3O3. The summed E-state index contributed by atoms with van der Waals surface area (Å²) in [5.41, 5.74) is 1.36. The summed E-state index contributed by atoms with van der Waals surface area (Å²) in [6, 6.07) is 10.9. The van der Waals surface area contributed by atoms with Gasteiger partial charge >= 0.3 is 0 Å². The van der Waals surface area contributed by atoms with Gasteiger partial charge in [0, 0.05) is 23.3 Å². The maximum atomic E-state index is 13.2. The predicted molar refractivity (Wildman–Crippen MR) is 110 cm³/mol. The first-order chi connectivity index (χ1) is 14.1. The molecule has 1 amide bonds. The number of carbonyl (C=O) groups is 1. The molecule has 7 heteroatoms. The molecule has 1 unspecified atom stereocenters. The van der Waals surface area contributed by atoms with Crippen molar-refractivity contribution in [2.24, 2.45) is 0 Å². The van der Waals surface area contributed by atoms with Crippen LogP contribution in [-0.2, 0) is 0 Å². The topological polar surface area (TPSA) is 68.5 Å². The highest BCUT2D eigenvalue weighted by Gasteiger charge is 2.31. The number of halogens is 1. The third kappa shape index (κ3) is 4.43. The molecule has 0 N–H and O–H groups in total. The fourth-order valence-corrected chi connectivity index (χ4v) is 3.63. The second-order valence-electron chi connectivity index (χ2n) is 7.09. The Balaban J connectivity index is 1.51. The summed E-state index contributed by atoms with van der Waals surface area (Å²) < 4.78 is 11.7. The Hall–Kier alpha value is -2.86. The molecule has 1 aliphatic heterocycles. The number of nitrogens with zero attached hydrogens (tertiary/aromatic N) is 3. The summed E-state index contributed by atoms with van der Waals surface area (Å²) in [5, 5.41) is 0.637. The number of aryl methyl sites for hydroxylation is 1. The molecule has 0 bridgehead atoms. The molecule has 3 aromatic rings. The van der Waals surface area contributed by atoms with Gasteiger partial charge in [0.15, 0.2) is 0 Å². The molecule has 1 atom stereocenters. The van der Waals surface area contributed by atoms with E-state index in [1.165, 1.54) is 0 Å². The zero-order valence-corrected chi connectivity index (χ0v) is 16.9. The monoisotopic (exact) mass is 411 g/mol. The first-order valence-electron chi connectivity index (χ1n) is 9.69. The van der Waals surface area contributed by atoms with Gasteiger partial charge in [0.05, 0.1) is 17.9 Å². The van der Waals surface area contributed by atoms with E-state index in [2.05, 4.69) is 9.97 Å². The van der Waals surface area contributed by atoms with Crippen molar-refractivity contribution in [2.45, 2.75) is 32.2 Å². The first-order valence-corrected chi connectivity index (χ1v) is 10.1. The van der Waals surface area contributed by atoms with Crippen LogP contribution in [0, 0.1) is 6.92 Å². The van der Waals surface area contributed by atoms with E-state index in [1.54, 1.807) is 31.5 Å². The fraction of sp³-hybridized carbons (Fsp3) is 0.318. The molecule has 3 heterocycles. The average molecular weight is 412 g/mol. The summed E-state index contributed by atoms with van der Waals surface area (Å²) in [6.07, 6.45) is 6.30. The van der Waals surface area contributed by atoms with Crippen LogP contribution in [0.15, 0.2) is 53.2 Å². The van der Waals surface area contributed by atoms with Crippen molar-refractivity contribution in [2.75, 3.05) is 13.2 Å². The van der Waals surface area contributed by atoms with Gasteiger partial charge in [-0.1, -0.05) is 11.6 Å². The minimum atomic E-state index is -0.144. The third-order valence-corrected chi connectivity index (χ3v) is 5.30. The number of benzene rings is 1. The predicted octanol–water partition coefficient (Wildman–Crippen LogP) is 4.77. The van der Waals surface area contributed by atoms with Gasteiger partial charge in [-0.25, -0.2) is 4.98 Å². The van der Waals surface area contributed by atoms with Gasteiger partial charge in [-0.15, -0.1) is 0 Å². The van der Waals surface area contributed by atoms with E-state index in [0.717, 1.165) is 24.8 Å². The van der Waals surface area contributed by atoms with Crippen LogP contribution in [0.25, 0.3) is 11.5 Å². The van der Waals surface area contributed by atoms with Crippen molar-refractivity contribution >= 4 is 17.5 Å². The molecule has 1 saturated heterocycles. The summed E-state index contributed by atoms with van der Waals surface area (Å²) >= 11 is 5.95. The number of aromatic nitrogens is 2. The van der Waals surface area contributed by atoms with Crippen LogP contribution in [0.2, 0.25) is 5.02 Å². The quantitative estimate of drug-likeness (QED) is 0.604. The summed E-state index contributed by atoms with van der Waals surface area (Å²) in [7, 11) is 0. The lowest BCUT2D eigenvalue weighted by Crippen LogP contribution is -2.46. The molecule has 1 aromatic carbocycles. The zero-order chi connectivity index (χ0) is 20.2. The molecule has 1 aliphatic rings. The lowest BCUT2D eigenvalue weighted by Gasteiger charge is -2.35. The van der Waals surface area contributed by atoms with Gasteiger partial charge in [-0.2, -0.15) is 0 Å². The Labute approximate surface area is 174 Å². The SMILES string of the molecule is Cc1nc(-c2ccc(Cl)cc2)oc1C(=O)N1CCCCC1COc1cccnc1. The smallest absolute Gasteiger partial charge is 0.291 e. The van der Waals surface area contributed by atoms with Crippen molar-refractivity contribution in [1.82, 2.24) is 14.9 Å². The molecular weight excluding hydrogens is 390 g/mol. The van der Waals surface area contributed by atoms with E-state index in [0.29, 0.717) is 35.5 Å². The number of oxazole rings is 1. The standard InChI is InChI=1S/C22H22ClN3O3/c1-15-20(29-21(25-15)16-7-9-17(23)10-8-16)22(27)26-12-3-2-5-18(26)14-28-19-6-4-11-24-13-19/h4,6-11,13,18H,2-3,5,12,14H2,1H3. The van der Waals surface area contributed by atoms with Gasteiger partial charge in [-0.3, -0.25) is 9.78 Å². The number of pyridine rings is 1. The van der Waals surface area contributed by atoms with Crippen LogP contribution in [0.3, 0.4) is 0 Å². The zero-order valence-electron chi connectivity index (χ0n) is 16.2. The molecule has 1 fully saturated rings. The number of rotatable bonds is 5. The Morgan fingerprint density at radius 2 is 2.10 bits per heavy atom. The molecule has 2 aromatic heterocycles. The Morgan fingerprint density at radius 1 is 1.28 bits per heavy atom. The summed E-state index contributed by atoms with van der Waals surface area (Å²) in [6.45, 7) is 2.90. The van der Waals surface area contributed by atoms with Gasteiger partial charge in [-0.05, 0) is 62.6 Å². The van der Waals surface area contributed by atoms with Crippen LogP contribution in [-0.4, -0.2) is 40.0 Å². The maximum absolute atomic E-state index is 13.2. The maximum Gasteiger partial charge on any atom is 0.291 e. The molecule has 0 radical (unpaired) electrons. The van der Waals surface area contributed by atoms with Gasteiger partial charge < -0.3 is 14.1 Å². The molecule has 0 aliphatic carbocycles. The van der Waals surface area contributed by atoms with Crippen LogP contribution in [0.5, 0.6) is 5.75 Å². The van der Waals surface area contributed by atoms with E-state index in [-0.39, 0.29) is 17.7 Å². The second kappa shape index (κ2) is 8.66. The number of piperidine rings is 1. The van der Waals surface area contributed by atoms with E-state index in [9.17, 15) is 4.79 Å². The highest BCUT2D eigenvalue weighted by atomic mass is 35.5. The van der Waals surface area contributed by atoms with Crippen LogP contribution >= 0.6 is 11.6 Å². The average Bonchev–Trinajstić information content (AvgIpc) is 3.15. The van der Waals surface area contributed by atoms with Crippen LogP contribution in [0.4, 0.5) is 0 Å². The number of carbonyl (C=O) groups excluding carboxylic acids is 1. The van der Waals surface area contributed by atoms with Crippen LogP contribution < -0.4 is 4.74 Å². The van der Waals surface area contributed by atoms with E-state index in [4.69, 9.17) is 20.8 Å². The molecule has 0 saturated carbocycles. The number of hydrogen-bond donors (Lipinski definition) is 0. The minimum absolute atomic E-state index is 0.0139. The Morgan fingerprint density at radius 3 is 2.86 bits per heavy atom. The Kier molecular flexibility index (Phi) is 5.81. The van der Waals surface area contributed by atoms with E-state index in [1.807, 2.05) is 29.2 Å². The van der Waals surface area contributed by atoms with Crippen LogP contribution in [0.1, 0.15) is 35.5 Å². The van der Waals surface area contributed by atoms with Gasteiger partial charge in [0.1, 0.15) is 12.4 Å². The molecule has 0 spiro atoms. The van der Waals surface area contributed by atoms with Crippen molar-refractivity contribution in [3.05, 3.63) is 65.3 Å². The lowest BCUT2D eigenvalue weighted by molar-refractivity contribution is 0.0497. The van der Waals surface area contributed by atoms with Crippen molar-refractivity contribution in [3.8, 4) is 17.2 Å². The van der Waals surface area contributed by atoms with E-state index < -0.39 is 0 Å². The number of hydrogen-bond acceptors (Lipinski definition) is 5. The number of ether oxygens (including phenoxy) is 1. The van der Waals surface area contributed by atoms with Gasteiger partial charge in [0.2, 0.25) is 11.7 Å².